The zero-order valence-electron chi connectivity index (χ0n) is 20.3. The van der Waals surface area contributed by atoms with E-state index in [2.05, 4.69) is 5.32 Å². The zero-order chi connectivity index (χ0) is 24.8. The Balaban J connectivity index is 2.39. The highest BCUT2D eigenvalue weighted by Crippen LogP contribution is 2.24. The summed E-state index contributed by atoms with van der Waals surface area (Å²) < 4.78 is 26.4. The fraction of sp³-hybridized carbons (Fsp3) is 0.440. The van der Waals surface area contributed by atoms with Gasteiger partial charge in [-0.05, 0) is 51.3 Å². The van der Waals surface area contributed by atoms with E-state index < -0.39 is 28.5 Å². The van der Waals surface area contributed by atoms with Gasteiger partial charge in [0, 0.05) is 12.6 Å². The van der Waals surface area contributed by atoms with Crippen LogP contribution in [-0.4, -0.2) is 50.0 Å². The molecule has 0 aliphatic rings. The third kappa shape index (κ3) is 7.32. The Hall–Kier alpha value is -2.87. The van der Waals surface area contributed by atoms with Crippen LogP contribution < -0.4 is 9.62 Å². The minimum absolute atomic E-state index is 0.0312. The van der Waals surface area contributed by atoms with Crippen molar-refractivity contribution in [3.05, 3.63) is 65.2 Å². The molecule has 7 nitrogen and oxygen atoms in total. The predicted molar refractivity (Wildman–Crippen MR) is 132 cm³/mol. The van der Waals surface area contributed by atoms with Gasteiger partial charge in [-0.3, -0.25) is 13.9 Å². The van der Waals surface area contributed by atoms with Gasteiger partial charge in [0.25, 0.3) is 0 Å². The number of benzene rings is 2. The highest BCUT2D eigenvalue weighted by atomic mass is 32.2. The molecule has 0 saturated heterocycles. The Kier molecular flexibility index (Phi) is 9.05. The summed E-state index contributed by atoms with van der Waals surface area (Å²) in [5, 5.41) is 2.92. The van der Waals surface area contributed by atoms with Gasteiger partial charge in [0.15, 0.2) is 0 Å². The van der Waals surface area contributed by atoms with E-state index in [0.29, 0.717) is 5.69 Å². The molecule has 0 saturated carbocycles. The molecule has 0 aromatic heterocycles. The van der Waals surface area contributed by atoms with E-state index in [9.17, 15) is 18.0 Å². The van der Waals surface area contributed by atoms with Gasteiger partial charge in [-0.1, -0.05) is 55.0 Å². The largest absolute Gasteiger partial charge is 0.352 e. The van der Waals surface area contributed by atoms with Crippen LogP contribution in [0.1, 0.15) is 43.9 Å². The van der Waals surface area contributed by atoms with Crippen molar-refractivity contribution in [2.75, 3.05) is 17.1 Å². The molecular formula is C25H35N3O4S. The van der Waals surface area contributed by atoms with Crippen LogP contribution in [0.3, 0.4) is 0 Å². The number of carbonyl (C=O) groups is 2. The lowest BCUT2D eigenvalue weighted by Gasteiger charge is -2.32. The molecule has 2 unspecified atom stereocenters. The van der Waals surface area contributed by atoms with Gasteiger partial charge in [0.2, 0.25) is 21.8 Å². The third-order valence-corrected chi connectivity index (χ3v) is 6.79. The van der Waals surface area contributed by atoms with Crippen LogP contribution >= 0.6 is 0 Å². The normalized spacial score (nSPS) is 13.2. The standard InChI is InChI=1S/C25H35N3O4S/c1-7-20(4)26-25(30)21(5)27(16-22-11-9-8-10-12-22)24(29)17-28(33(6,31)32)23-14-13-18(2)15-19(23)3/h8-15,20-21H,7,16-17H2,1-6H3,(H,26,30). The number of aryl methyl sites for hydroxylation is 2. The molecule has 0 fully saturated rings. The lowest BCUT2D eigenvalue weighted by atomic mass is 10.1. The van der Waals surface area contributed by atoms with Crippen molar-refractivity contribution < 1.29 is 18.0 Å². The maximum Gasteiger partial charge on any atom is 0.244 e. The van der Waals surface area contributed by atoms with Crippen LogP contribution in [0.15, 0.2) is 48.5 Å². The summed E-state index contributed by atoms with van der Waals surface area (Å²) in [5.41, 5.74) is 3.06. The van der Waals surface area contributed by atoms with Gasteiger partial charge >= 0.3 is 0 Å². The maximum atomic E-state index is 13.5. The molecule has 0 heterocycles. The first kappa shape index (κ1) is 26.4. The molecule has 2 rings (SSSR count). The van der Waals surface area contributed by atoms with Gasteiger partial charge in [0.1, 0.15) is 12.6 Å². The molecule has 0 spiro atoms. The first-order valence-corrected chi connectivity index (χ1v) is 13.0. The first-order chi connectivity index (χ1) is 15.4. The zero-order valence-corrected chi connectivity index (χ0v) is 21.1. The molecule has 2 aromatic rings. The van der Waals surface area contributed by atoms with Crippen molar-refractivity contribution in [1.29, 1.82) is 0 Å². The average molecular weight is 474 g/mol. The van der Waals surface area contributed by atoms with E-state index in [1.54, 1.807) is 13.0 Å². The van der Waals surface area contributed by atoms with E-state index in [4.69, 9.17) is 0 Å². The number of hydrogen-bond donors (Lipinski definition) is 1. The van der Waals surface area contributed by atoms with E-state index in [0.717, 1.165) is 33.7 Å². The van der Waals surface area contributed by atoms with Gasteiger partial charge in [0.05, 0.1) is 11.9 Å². The SMILES string of the molecule is CCC(C)NC(=O)C(C)N(Cc1ccccc1)C(=O)CN(c1ccc(C)cc1C)S(C)(=O)=O. The minimum Gasteiger partial charge on any atom is -0.352 e. The van der Waals surface area contributed by atoms with Crippen molar-refractivity contribution in [2.45, 2.75) is 59.7 Å². The van der Waals surface area contributed by atoms with Gasteiger partial charge < -0.3 is 10.2 Å². The maximum absolute atomic E-state index is 13.5. The van der Waals surface area contributed by atoms with Crippen molar-refractivity contribution in [1.82, 2.24) is 10.2 Å². The predicted octanol–water partition coefficient (Wildman–Crippen LogP) is 3.40. The van der Waals surface area contributed by atoms with Crippen LogP contribution in [0.25, 0.3) is 0 Å². The number of rotatable bonds is 10. The Morgan fingerprint density at radius 3 is 2.21 bits per heavy atom. The van der Waals surface area contributed by atoms with Crippen molar-refractivity contribution in [3.63, 3.8) is 0 Å². The summed E-state index contributed by atoms with van der Waals surface area (Å²) in [5.74, 6) is -0.720. The number of carbonyl (C=O) groups excluding carboxylic acids is 2. The summed E-state index contributed by atoms with van der Waals surface area (Å²) in [4.78, 5) is 27.8. The number of sulfonamides is 1. The number of nitrogens with zero attached hydrogens (tertiary/aromatic N) is 2. The van der Waals surface area contributed by atoms with Crippen LogP contribution in [0.4, 0.5) is 5.69 Å². The lowest BCUT2D eigenvalue weighted by Crippen LogP contribution is -2.52. The van der Waals surface area contributed by atoms with E-state index >= 15 is 0 Å². The average Bonchev–Trinajstić information content (AvgIpc) is 2.75. The topological polar surface area (TPSA) is 86.8 Å². The molecule has 33 heavy (non-hydrogen) atoms. The summed E-state index contributed by atoms with van der Waals surface area (Å²) in [6.07, 6.45) is 1.85. The molecule has 0 radical (unpaired) electrons. The summed E-state index contributed by atoms with van der Waals surface area (Å²) in [6.45, 7) is 9.08. The second-order valence-corrected chi connectivity index (χ2v) is 10.5. The van der Waals surface area contributed by atoms with Crippen molar-refractivity contribution in [2.24, 2.45) is 0 Å². The summed E-state index contributed by atoms with van der Waals surface area (Å²) in [6, 6.07) is 13.9. The fourth-order valence-corrected chi connectivity index (χ4v) is 4.42. The molecule has 2 aromatic carbocycles. The van der Waals surface area contributed by atoms with Crippen LogP contribution in [0.2, 0.25) is 0 Å². The van der Waals surface area contributed by atoms with Crippen LogP contribution in [0, 0.1) is 13.8 Å². The van der Waals surface area contributed by atoms with Crippen molar-refractivity contribution >= 4 is 27.5 Å². The van der Waals surface area contributed by atoms with Gasteiger partial charge in [-0.25, -0.2) is 8.42 Å². The summed E-state index contributed by atoms with van der Waals surface area (Å²) >= 11 is 0. The lowest BCUT2D eigenvalue weighted by molar-refractivity contribution is -0.139. The molecule has 0 aliphatic heterocycles. The fourth-order valence-electron chi connectivity index (χ4n) is 3.51. The number of hydrogen-bond acceptors (Lipinski definition) is 4. The summed E-state index contributed by atoms with van der Waals surface area (Å²) in [7, 11) is -3.74. The minimum atomic E-state index is -3.74. The van der Waals surface area contributed by atoms with Crippen molar-refractivity contribution in [3.8, 4) is 0 Å². The number of nitrogens with one attached hydrogen (secondary N) is 1. The van der Waals surface area contributed by atoms with Crippen LogP contribution in [0.5, 0.6) is 0 Å². The van der Waals surface area contributed by atoms with Gasteiger partial charge in [-0.2, -0.15) is 0 Å². The second-order valence-electron chi connectivity index (χ2n) is 8.56. The first-order valence-electron chi connectivity index (χ1n) is 11.1. The number of anilines is 1. The smallest absolute Gasteiger partial charge is 0.244 e. The molecular weight excluding hydrogens is 438 g/mol. The number of amides is 2. The Labute approximate surface area is 197 Å². The quantitative estimate of drug-likeness (QED) is 0.573. The molecule has 2 atom stereocenters. The Morgan fingerprint density at radius 1 is 1.03 bits per heavy atom. The van der Waals surface area contributed by atoms with Crippen LogP contribution in [-0.2, 0) is 26.2 Å². The molecule has 0 bridgehead atoms. The highest BCUT2D eigenvalue weighted by Gasteiger charge is 2.30. The molecule has 180 valence electrons. The highest BCUT2D eigenvalue weighted by molar-refractivity contribution is 7.92. The van der Waals surface area contributed by atoms with Gasteiger partial charge in [-0.15, -0.1) is 0 Å². The second kappa shape index (κ2) is 11.3. The monoisotopic (exact) mass is 473 g/mol. The molecule has 8 heteroatoms. The Bertz CT molecular complexity index is 1070. The van der Waals surface area contributed by atoms with E-state index in [1.165, 1.54) is 4.90 Å². The molecule has 1 N–H and O–H groups in total. The molecule has 2 amide bonds. The van der Waals surface area contributed by atoms with E-state index in [1.807, 2.05) is 70.2 Å². The molecule has 0 aliphatic carbocycles. The van der Waals surface area contributed by atoms with E-state index in [-0.39, 0.29) is 18.5 Å². The Morgan fingerprint density at radius 2 is 1.67 bits per heavy atom. The third-order valence-electron chi connectivity index (χ3n) is 5.66.